The maximum atomic E-state index is 12.3. The first-order chi connectivity index (χ1) is 11.0. The van der Waals surface area contributed by atoms with E-state index < -0.39 is 5.91 Å². The first kappa shape index (κ1) is 15.7. The van der Waals surface area contributed by atoms with Gasteiger partial charge in [0.05, 0.1) is 18.0 Å². The summed E-state index contributed by atoms with van der Waals surface area (Å²) in [5.74, 6) is -0.487. The van der Waals surface area contributed by atoms with Gasteiger partial charge in [-0.1, -0.05) is 11.8 Å². The van der Waals surface area contributed by atoms with Crippen molar-refractivity contribution in [2.45, 2.75) is 18.1 Å². The normalized spacial score (nSPS) is 16.6. The topological polar surface area (TPSA) is 120 Å². The molecular weight excluding hydrogens is 338 g/mol. The molecule has 0 aromatic carbocycles. The number of anilines is 1. The maximum Gasteiger partial charge on any atom is 0.254 e. The summed E-state index contributed by atoms with van der Waals surface area (Å²) in [6.07, 6.45) is 1.51. The highest BCUT2D eigenvalue weighted by atomic mass is 32.2. The van der Waals surface area contributed by atoms with Crippen LogP contribution in [0.4, 0.5) is 5.13 Å². The van der Waals surface area contributed by atoms with E-state index in [1.165, 1.54) is 39.9 Å². The molecule has 2 amide bonds. The number of carbonyl (C=O) groups excluding carboxylic acids is 2. The van der Waals surface area contributed by atoms with Gasteiger partial charge in [0, 0.05) is 29.9 Å². The second-order valence-corrected chi connectivity index (χ2v) is 6.81. The molecule has 1 aliphatic rings. The number of nitrogens with one attached hydrogen (secondary N) is 1. The Balaban J connectivity index is 1.67. The largest absolute Gasteiger partial charge is 0.369 e. The summed E-state index contributed by atoms with van der Waals surface area (Å²) in [4.78, 5) is 43.3. The molecule has 10 heteroatoms. The van der Waals surface area contributed by atoms with Crippen molar-refractivity contribution in [1.29, 1.82) is 0 Å². The zero-order chi connectivity index (χ0) is 16.4. The van der Waals surface area contributed by atoms with Crippen LogP contribution in [0.15, 0.2) is 27.6 Å². The van der Waals surface area contributed by atoms with E-state index >= 15 is 0 Å². The molecule has 1 atom stereocenters. The zero-order valence-corrected chi connectivity index (χ0v) is 13.5. The van der Waals surface area contributed by atoms with E-state index in [-0.39, 0.29) is 23.8 Å². The molecule has 0 aliphatic carbocycles. The van der Waals surface area contributed by atoms with Crippen molar-refractivity contribution < 1.29 is 9.59 Å². The smallest absolute Gasteiger partial charge is 0.254 e. The Morgan fingerprint density at radius 1 is 1.48 bits per heavy atom. The van der Waals surface area contributed by atoms with E-state index in [0.717, 1.165) is 0 Å². The van der Waals surface area contributed by atoms with E-state index in [2.05, 4.69) is 15.3 Å². The fourth-order valence-electron chi connectivity index (χ4n) is 2.14. The van der Waals surface area contributed by atoms with Gasteiger partial charge >= 0.3 is 0 Å². The van der Waals surface area contributed by atoms with Crippen molar-refractivity contribution in [3.8, 4) is 0 Å². The molecule has 0 saturated carbocycles. The van der Waals surface area contributed by atoms with Gasteiger partial charge in [-0.05, 0) is 0 Å². The summed E-state index contributed by atoms with van der Waals surface area (Å²) in [5.41, 5.74) is 5.47. The summed E-state index contributed by atoms with van der Waals surface area (Å²) in [5, 5.41) is 5.44. The molecular formula is C13H13N5O3S2. The van der Waals surface area contributed by atoms with Gasteiger partial charge in [-0.2, -0.15) is 0 Å². The third kappa shape index (κ3) is 3.59. The van der Waals surface area contributed by atoms with Crippen molar-refractivity contribution in [3.05, 3.63) is 33.7 Å². The molecule has 0 saturated heterocycles. The molecule has 0 bridgehead atoms. The van der Waals surface area contributed by atoms with E-state index in [4.69, 9.17) is 5.73 Å². The standard InChI is InChI=1S/C13H13N5O3S2/c14-9(19)3-8-6-22-12(16-8)17-11(21)7-4-18-10(20)1-2-15-13(18)23-5-7/h1-2,6-7H,3-5H2,(H2,14,19)(H,16,17,21). The number of carbonyl (C=O) groups is 2. The van der Waals surface area contributed by atoms with E-state index in [1.807, 2.05) is 0 Å². The van der Waals surface area contributed by atoms with Gasteiger partial charge in [0.1, 0.15) is 0 Å². The molecule has 0 radical (unpaired) electrons. The Morgan fingerprint density at radius 3 is 3.09 bits per heavy atom. The van der Waals surface area contributed by atoms with Gasteiger partial charge in [0.2, 0.25) is 11.8 Å². The lowest BCUT2D eigenvalue weighted by molar-refractivity contribution is -0.120. The fraction of sp³-hybridized carbons (Fsp3) is 0.308. The monoisotopic (exact) mass is 351 g/mol. The van der Waals surface area contributed by atoms with Crippen LogP contribution in [-0.2, 0) is 22.6 Å². The molecule has 8 nitrogen and oxygen atoms in total. The van der Waals surface area contributed by atoms with Crippen LogP contribution in [0, 0.1) is 5.92 Å². The number of thiazole rings is 1. The van der Waals surface area contributed by atoms with Gasteiger partial charge in [-0.25, -0.2) is 9.97 Å². The van der Waals surface area contributed by atoms with Crippen LogP contribution < -0.4 is 16.6 Å². The number of thioether (sulfide) groups is 1. The Bertz CT molecular complexity index is 816. The fourth-order valence-corrected chi connectivity index (χ4v) is 3.92. The molecule has 0 fully saturated rings. The molecule has 2 aromatic heterocycles. The highest BCUT2D eigenvalue weighted by Crippen LogP contribution is 2.26. The predicted molar refractivity (Wildman–Crippen MR) is 86.4 cm³/mol. The lowest BCUT2D eigenvalue weighted by atomic mass is 10.1. The van der Waals surface area contributed by atoms with Crippen LogP contribution in [0.2, 0.25) is 0 Å². The van der Waals surface area contributed by atoms with Crippen LogP contribution in [0.5, 0.6) is 0 Å². The third-order valence-corrected chi connectivity index (χ3v) is 5.18. The number of nitrogens with two attached hydrogens (primary N) is 1. The number of hydrogen-bond donors (Lipinski definition) is 2. The Kier molecular flexibility index (Phi) is 4.44. The molecule has 3 rings (SSSR count). The van der Waals surface area contributed by atoms with Crippen LogP contribution in [0.3, 0.4) is 0 Å². The third-order valence-electron chi connectivity index (χ3n) is 3.22. The average molecular weight is 351 g/mol. The van der Waals surface area contributed by atoms with Gasteiger partial charge < -0.3 is 11.1 Å². The van der Waals surface area contributed by atoms with Gasteiger partial charge in [-0.15, -0.1) is 11.3 Å². The quantitative estimate of drug-likeness (QED) is 0.753. The van der Waals surface area contributed by atoms with Crippen molar-refractivity contribution in [2.75, 3.05) is 11.1 Å². The predicted octanol–water partition coefficient (Wildman–Crippen LogP) is 0.0882. The number of amides is 2. The number of primary amides is 1. The van der Waals surface area contributed by atoms with Crippen LogP contribution in [0.1, 0.15) is 5.69 Å². The lowest BCUT2D eigenvalue weighted by Crippen LogP contribution is -2.36. The number of hydrogen-bond acceptors (Lipinski definition) is 7. The van der Waals surface area contributed by atoms with Crippen LogP contribution in [0.25, 0.3) is 0 Å². The summed E-state index contributed by atoms with van der Waals surface area (Å²) >= 11 is 2.61. The number of aromatic nitrogens is 3. The van der Waals surface area contributed by atoms with Crippen LogP contribution in [-0.4, -0.2) is 32.1 Å². The number of fused-ring (bicyclic) bond motifs is 1. The minimum atomic E-state index is -0.472. The molecule has 1 aliphatic heterocycles. The molecule has 1 unspecified atom stereocenters. The van der Waals surface area contributed by atoms with Crippen molar-refractivity contribution in [2.24, 2.45) is 11.7 Å². The molecule has 23 heavy (non-hydrogen) atoms. The molecule has 0 spiro atoms. The SMILES string of the molecule is NC(=O)Cc1csc(NC(=O)C2CSc3nccc(=O)n3C2)n1. The second-order valence-electron chi connectivity index (χ2n) is 4.96. The molecule has 2 aromatic rings. The van der Waals surface area contributed by atoms with E-state index in [0.29, 0.717) is 28.3 Å². The summed E-state index contributed by atoms with van der Waals surface area (Å²) in [6.45, 7) is 0.292. The molecule has 120 valence electrons. The minimum absolute atomic E-state index is 0.0418. The van der Waals surface area contributed by atoms with Crippen molar-refractivity contribution in [3.63, 3.8) is 0 Å². The summed E-state index contributed by atoms with van der Waals surface area (Å²) in [7, 11) is 0. The van der Waals surface area contributed by atoms with Gasteiger partial charge in [0.25, 0.3) is 5.56 Å². The second kappa shape index (κ2) is 6.50. The Morgan fingerprint density at radius 2 is 2.30 bits per heavy atom. The van der Waals surface area contributed by atoms with Crippen molar-refractivity contribution in [1.82, 2.24) is 14.5 Å². The zero-order valence-electron chi connectivity index (χ0n) is 11.9. The summed E-state index contributed by atoms with van der Waals surface area (Å²) in [6, 6.07) is 1.38. The highest BCUT2D eigenvalue weighted by Gasteiger charge is 2.27. The molecule has 3 N–H and O–H groups in total. The first-order valence-electron chi connectivity index (χ1n) is 6.75. The van der Waals surface area contributed by atoms with Gasteiger partial charge in [0.15, 0.2) is 10.3 Å². The van der Waals surface area contributed by atoms with E-state index in [1.54, 1.807) is 5.38 Å². The van der Waals surface area contributed by atoms with Crippen molar-refractivity contribution >= 4 is 40.0 Å². The van der Waals surface area contributed by atoms with Gasteiger partial charge in [-0.3, -0.25) is 19.0 Å². The van der Waals surface area contributed by atoms with E-state index in [9.17, 15) is 14.4 Å². The van der Waals surface area contributed by atoms with Crippen LogP contribution >= 0.6 is 23.1 Å². The number of nitrogens with zero attached hydrogens (tertiary/aromatic N) is 3. The maximum absolute atomic E-state index is 12.3. The number of rotatable bonds is 4. The average Bonchev–Trinajstić information content (AvgIpc) is 2.93. The lowest BCUT2D eigenvalue weighted by Gasteiger charge is -2.23. The first-order valence-corrected chi connectivity index (χ1v) is 8.61. The Labute approximate surface area is 139 Å². The molecule has 3 heterocycles. The minimum Gasteiger partial charge on any atom is -0.369 e. The summed E-state index contributed by atoms with van der Waals surface area (Å²) < 4.78 is 1.50. The Hall–Kier alpha value is -2.20. The highest BCUT2D eigenvalue weighted by molar-refractivity contribution is 7.99.